The summed E-state index contributed by atoms with van der Waals surface area (Å²) in [5.41, 5.74) is 2.64. The van der Waals surface area contributed by atoms with Gasteiger partial charge in [0.2, 0.25) is 0 Å². The van der Waals surface area contributed by atoms with Crippen LogP contribution in [0.3, 0.4) is 0 Å². The van der Waals surface area contributed by atoms with Crippen molar-refractivity contribution < 1.29 is 19.1 Å². The van der Waals surface area contributed by atoms with Gasteiger partial charge in [-0.3, -0.25) is 9.59 Å². The maximum atomic E-state index is 13.5. The SMILES string of the molecule is CCCCCCCCNC(=O)c1cc(C(=O)NCCCCCCCC)c(OCc2ccccc2)cc1OCc1ccccc1. The average Bonchev–Trinajstić information content (AvgIpc) is 3.06. The van der Waals surface area contributed by atoms with Crippen molar-refractivity contribution in [3.8, 4) is 11.5 Å². The van der Waals surface area contributed by atoms with Crippen LogP contribution in [0.4, 0.5) is 0 Å². The normalized spacial score (nSPS) is 10.8. The lowest BCUT2D eigenvalue weighted by Gasteiger charge is -2.18. The van der Waals surface area contributed by atoms with Crippen LogP contribution >= 0.6 is 0 Å². The number of benzene rings is 3. The Morgan fingerprint density at radius 2 is 0.909 bits per heavy atom. The van der Waals surface area contributed by atoms with Gasteiger partial charge in [-0.1, -0.05) is 139 Å². The van der Waals surface area contributed by atoms with Crippen LogP contribution < -0.4 is 20.1 Å². The molecular formula is C38H52N2O4. The largest absolute Gasteiger partial charge is 0.488 e. The van der Waals surface area contributed by atoms with E-state index in [4.69, 9.17) is 9.47 Å². The first-order valence-corrected chi connectivity index (χ1v) is 16.7. The molecule has 0 aliphatic carbocycles. The van der Waals surface area contributed by atoms with E-state index in [0.29, 0.717) is 48.9 Å². The molecule has 0 spiro atoms. The van der Waals surface area contributed by atoms with Crippen LogP contribution in [0, 0.1) is 0 Å². The van der Waals surface area contributed by atoms with Gasteiger partial charge in [0.1, 0.15) is 24.7 Å². The molecule has 0 saturated heterocycles. The van der Waals surface area contributed by atoms with E-state index in [9.17, 15) is 9.59 Å². The zero-order chi connectivity index (χ0) is 31.2. The highest BCUT2D eigenvalue weighted by molar-refractivity contribution is 6.03. The molecule has 44 heavy (non-hydrogen) atoms. The van der Waals surface area contributed by atoms with E-state index in [0.717, 1.165) is 36.8 Å². The maximum Gasteiger partial charge on any atom is 0.255 e. The Hall–Kier alpha value is -3.80. The number of carbonyl (C=O) groups excluding carboxylic acids is 2. The molecule has 6 nitrogen and oxygen atoms in total. The molecular weight excluding hydrogens is 548 g/mol. The first-order valence-electron chi connectivity index (χ1n) is 16.7. The summed E-state index contributed by atoms with van der Waals surface area (Å²) in [5, 5.41) is 6.11. The standard InChI is InChI=1S/C38H52N2O4/c1-3-5-7-9-11-19-25-39-37(41)33-27-34(38(42)40-26-20-12-10-8-6-4-2)36(44-30-32-23-17-14-18-24-32)28-35(33)43-29-31-21-15-13-16-22-31/h13-18,21-24,27-28H,3-12,19-20,25-26,29-30H2,1-2H3,(H,39,41)(H,40,42). The van der Waals surface area contributed by atoms with Gasteiger partial charge in [0.15, 0.2) is 0 Å². The fourth-order valence-electron chi connectivity index (χ4n) is 5.03. The summed E-state index contributed by atoms with van der Waals surface area (Å²) < 4.78 is 12.4. The Balaban J connectivity index is 1.80. The van der Waals surface area contributed by atoms with Crippen LogP contribution in [-0.2, 0) is 13.2 Å². The molecule has 3 aromatic carbocycles. The number of rotatable bonds is 22. The predicted molar refractivity (Wildman–Crippen MR) is 179 cm³/mol. The van der Waals surface area contributed by atoms with Crippen molar-refractivity contribution in [2.24, 2.45) is 0 Å². The Morgan fingerprint density at radius 1 is 0.523 bits per heavy atom. The van der Waals surface area contributed by atoms with Crippen LogP contribution in [0.5, 0.6) is 11.5 Å². The van der Waals surface area contributed by atoms with Gasteiger partial charge in [0.05, 0.1) is 11.1 Å². The highest BCUT2D eigenvalue weighted by Gasteiger charge is 2.22. The highest BCUT2D eigenvalue weighted by Crippen LogP contribution is 2.31. The lowest BCUT2D eigenvalue weighted by Crippen LogP contribution is -2.28. The van der Waals surface area contributed by atoms with E-state index in [1.165, 1.54) is 51.4 Å². The molecule has 238 valence electrons. The van der Waals surface area contributed by atoms with Crippen LogP contribution in [-0.4, -0.2) is 24.9 Å². The third-order valence-corrected chi connectivity index (χ3v) is 7.68. The van der Waals surface area contributed by atoms with Crippen molar-refractivity contribution in [1.29, 1.82) is 0 Å². The van der Waals surface area contributed by atoms with Gasteiger partial charge >= 0.3 is 0 Å². The zero-order valence-electron chi connectivity index (χ0n) is 26.9. The minimum atomic E-state index is -0.249. The number of carbonyl (C=O) groups is 2. The first kappa shape index (κ1) is 34.7. The van der Waals surface area contributed by atoms with Gasteiger partial charge in [-0.25, -0.2) is 0 Å². The number of hydrogen-bond donors (Lipinski definition) is 2. The van der Waals surface area contributed by atoms with Crippen LogP contribution in [0.1, 0.15) is 123 Å². The zero-order valence-corrected chi connectivity index (χ0v) is 26.9. The number of ether oxygens (including phenoxy) is 2. The van der Waals surface area contributed by atoms with Gasteiger partial charge in [0.25, 0.3) is 11.8 Å². The maximum absolute atomic E-state index is 13.5. The molecule has 0 saturated carbocycles. The number of hydrogen-bond acceptors (Lipinski definition) is 4. The summed E-state index contributed by atoms with van der Waals surface area (Å²) in [6.45, 7) is 6.15. The molecule has 0 bridgehead atoms. The van der Waals surface area contributed by atoms with Crippen molar-refractivity contribution in [2.75, 3.05) is 13.1 Å². The smallest absolute Gasteiger partial charge is 0.255 e. The van der Waals surface area contributed by atoms with E-state index in [1.807, 2.05) is 60.7 Å². The molecule has 0 unspecified atom stereocenters. The second-order valence-electron chi connectivity index (χ2n) is 11.4. The fourth-order valence-corrected chi connectivity index (χ4v) is 5.03. The molecule has 3 aromatic rings. The van der Waals surface area contributed by atoms with Crippen molar-refractivity contribution in [1.82, 2.24) is 10.6 Å². The van der Waals surface area contributed by atoms with Crippen LogP contribution in [0.25, 0.3) is 0 Å². The first-order chi connectivity index (χ1) is 21.6. The second kappa shape index (κ2) is 21.0. The van der Waals surface area contributed by atoms with Crippen LogP contribution in [0.2, 0.25) is 0 Å². The lowest BCUT2D eigenvalue weighted by molar-refractivity contribution is 0.0947. The monoisotopic (exact) mass is 600 g/mol. The van der Waals surface area contributed by atoms with Gasteiger partial charge in [-0.05, 0) is 30.0 Å². The van der Waals surface area contributed by atoms with Crippen molar-refractivity contribution >= 4 is 11.8 Å². The third-order valence-electron chi connectivity index (χ3n) is 7.68. The number of amides is 2. The predicted octanol–water partition coefficient (Wildman–Crippen LogP) is 9.03. The van der Waals surface area contributed by atoms with E-state index >= 15 is 0 Å². The molecule has 6 heteroatoms. The highest BCUT2D eigenvalue weighted by atomic mass is 16.5. The van der Waals surface area contributed by atoms with E-state index in [1.54, 1.807) is 12.1 Å². The molecule has 0 heterocycles. The summed E-state index contributed by atoms with van der Waals surface area (Å²) in [5.74, 6) is 0.289. The molecule has 2 N–H and O–H groups in total. The second-order valence-corrected chi connectivity index (χ2v) is 11.4. The molecule has 0 radical (unpaired) electrons. The number of nitrogens with one attached hydrogen (secondary N) is 2. The van der Waals surface area contributed by atoms with Crippen molar-refractivity contribution in [3.05, 3.63) is 95.1 Å². The van der Waals surface area contributed by atoms with E-state index in [2.05, 4.69) is 24.5 Å². The Morgan fingerprint density at radius 3 is 1.32 bits per heavy atom. The molecule has 0 atom stereocenters. The molecule has 3 rings (SSSR count). The fraction of sp³-hybridized carbons (Fsp3) is 0.474. The quantitative estimate of drug-likeness (QED) is 0.113. The molecule has 2 amide bonds. The lowest BCUT2D eigenvalue weighted by atomic mass is 10.1. The average molecular weight is 601 g/mol. The summed E-state index contributed by atoms with van der Waals surface area (Å²) in [6, 6.07) is 23.0. The minimum Gasteiger partial charge on any atom is -0.488 e. The van der Waals surface area contributed by atoms with Gasteiger partial charge in [-0.2, -0.15) is 0 Å². The Bertz CT molecular complexity index is 1140. The Kier molecular flexibility index (Phi) is 16.5. The molecule has 0 aliphatic rings. The summed E-state index contributed by atoms with van der Waals surface area (Å²) in [7, 11) is 0. The molecule has 0 aromatic heterocycles. The number of unbranched alkanes of at least 4 members (excludes halogenated alkanes) is 10. The Labute approximate surface area is 264 Å². The topological polar surface area (TPSA) is 76.7 Å². The van der Waals surface area contributed by atoms with Gasteiger partial charge < -0.3 is 20.1 Å². The summed E-state index contributed by atoms with van der Waals surface area (Å²) in [4.78, 5) is 27.0. The van der Waals surface area contributed by atoms with E-state index in [-0.39, 0.29) is 11.8 Å². The molecule has 0 fully saturated rings. The summed E-state index contributed by atoms with van der Waals surface area (Å²) >= 11 is 0. The minimum absolute atomic E-state index is 0.249. The van der Waals surface area contributed by atoms with Crippen molar-refractivity contribution in [3.63, 3.8) is 0 Å². The summed E-state index contributed by atoms with van der Waals surface area (Å²) in [6.07, 6.45) is 13.7. The van der Waals surface area contributed by atoms with Crippen LogP contribution in [0.15, 0.2) is 72.8 Å². The molecule has 0 aliphatic heterocycles. The van der Waals surface area contributed by atoms with Gasteiger partial charge in [-0.15, -0.1) is 0 Å². The van der Waals surface area contributed by atoms with Crippen molar-refractivity contribution in [2.45, 2.75) is 104 Å². The van der Waals surface area contributed by atoms with Gasteiger partial charge in [0, 0.05) is 19.2 Å². The van der Waals surface area contributed by atoms with E-state index < -0.39 is 0 Å². The third kappa shape index (κ3) is 12.8.